The molecule has 0 atom stereocenters. The van der Waals surface area contributed by atoms with Gasteiger partial charge in [-0.05, 0) is 6.92 Å². The normalized spacial score (nSPS) is 11.2. The molecule has 102 valence electrons. The molecule has 2 aromatic heterocycles. The summed E-state index contributed by atoms with van der Waals surface area (Å²) in [6.45, 7) is 7.31. The number of imidazole rings is 1. The maximum Gasteiger partial charge on any atom is 0.255 e. The van der Waals surface area contributed by atoms with Crippen molar-refractivity contribution in [2.45, 2.75) is 39.8 Å². The highest BCUT2D eigenvalue weighted by atomic mass is 35.5. The van der Waals surface area contributed by atoms with Crippen LogP contribution in [-0.4, -0.2) is 19.1 Å². The lowest BCUT2D eigenvalue weighted by atomic mass is 10.2. The number of aryl methyl sites for hydroxylation is 1. The van der Waals surface area contributed by atoms with Gasteiger partial charge in [-0.1, -0.05) is 25.4 Å². The average Bonchev–Trinajstić information content (AvgIpc) is 2.79. The fraction of sp³-hybridized carbons (Fsp3) is 0.462. The van der Waals surface area contributed by atoms with Crippen LogP contribution in [0.15, 0.2) is 23.4 Å². The summed E-state index contributed by atoms with van der Waals surface area (Å²) in [6, 6.07) is 1.35. The predicted molar refractivity (Wildman–Crippen MR) is 74.6 cm³/mol. The van der Waals surface area contributed by atoms with Gasteiger partial charge >= 0.3 is 0 Å². The van der Waals surface area contributed by atoms with Crippen LogP contribution in [0.5, 0.6) is 0 Å². The number of halogens is 1. The highest BCUT2D eigenvalue weighted by Gasteiger charge is 2.13. The number of hydrogen-bond acceptors (Lipinski definition) is 3. The molecule has 5 nitrogen and oxygen atoms in total. The minimum Gasteiger partial charge on any atom is -0.333 e. The van der Waals surface area contributed by atoms with E-state index in [-0.39, 0.29) is 16.6 Å². The van der Waals surface area contributed by atoms with E-state index in [0.717, 1.165) is 12.2 Å². The summed E-state index contributed by atoms with van der Waals surface area (Å²) in [5, 5.41) is 0.244. The summed E-state index contributed by atoms with van der Waals surface area (Å²) in [4.78, 5) is 20.5. The van der Waals surface area contributed by atoms with Crippen LogP contribution in [0.1, 0.15) is 38.2 Å². The van der Waals surface area contributed by atoms with Crippen LogP contribution in [0.25, 0.3) is 0 Å². The fourth-order valence-electron chi connectivity index (χ4n) is 2.02. The number of aromatic nitrogens is 4. The average molecular weight is 281 g/mol. The molecule has 0 radical (unpaired) electrons. The van der Waals surface area contributed by atoms with Crippen LogP contribution >= 0.6 is 11.6 Å². The molecule has 0 aliphatic rings. The third-order valence-corrected chi connectivity index (χ3v) is 3.18. The van der Waals surface area contributed by atoms with Crippen molar-refractivity contribution < 1.29 is 0 Å². The zero-order valence-electron chi connectivity index (χ0n) is 11.3. The molecule has 0 amide bonds. The minimum absolute atomic E-state index is 0.129. The zero-order chi connectivity index (χ0) is 14.0. The maximum absolute atomic E-state index is 12.1. The van der Waals surface area contributed by atoms with Gasteiger partial charge in [0.2, 0.25) is 0 Å². The molecule has 0 saturated carbocycles. The van der Waals surface area contributed by atoms with Crippen LogP contribution in [-0.2, 0) is 13.1 Å². The molecule has 2 heterocycles. The summed E-state index contributed by atoms with van der Waals surface area (Å²) < 4.78 is 3.66. The molecular formula is C13H17ClN4O. The number of rotatable bonds is 4. The summed E-state index contributed by atoms with van der Waals surface area (Å²) in [5.74, 6) is 0.825. The van der Waals surface area contributed by atoms with E-state index in [9.17, 15) is 4.79 Å². The molecule has 0 aliphatic heterocycles. The molecule has 0 N–H and O–H groups in total. The monoisotopic (exact) mass is 280 g/mol. The van der Waals surface area contributed by atoms with Gasteiger partial charge in [0.05, 0.1) is 18.6 Å². The smallest absolute Gasteiger partial charge is 0.255 e. The van der Waals surface area contributed by atoms with E-state index in [2.05, 4.69) is 9.97 Å². The van der Waals surface area contributed by atoms with Crippen molar-refractivity contribution in [3.8, 4) is 0 Å². The molecular weight excluding hydrogens is 264 g/mol. The van der Waals surface area contributed by atoms with Crippen LogP contribution in [0.3, 0.4) is 0 Å². The lowest BCUT2D eigenvalue weighted by Crippen LogP contribution is -2.26. The summed E-state index contributed by atoms with van der Waals surface area (Å²) >= 11 is 5.86. The SMILES string of the molecule is CCn1cncc1Cn1c(C(C)C)nc(Cl)cc1=O. The molecule has 0 aromatic carbocycles. The van der Waals surface area contributed by atoms with Crippen LogP contribution in [0.2, 0.25) is 5.15 Å². The summed E-state index contributed by atoms with van der Waals surface area (Å²) in [5.41, 5.74) is 0.850. The van der Waals surface area contributed by atoms with Crippen molar-refractivity contribution in [2.24, 2.45) is 0 Å². The van der Waals surface area contributed by atoms with Crippen LogP contribution in [0, 0.1) is 0 Å². The van der Waals surface area contributed by atoms with Crippen LogP contribution < -0.4 is 5.56 Å². The van der Waals surface area contributed by atoms with Gasteiger partial charge in [-0.2, -0.15) is 0 Å². The van der Waals surface area contributed by atoms with Gasteiger partial charge in [0.1, 0.15) is 11.0 Å². The second-order valence-corrected chi connectivity index (χ2v) is 5.07. The molecule has 0 bridgehead atoms. The Hall–Kier alpha value is -1.62. The highest BCUT2D eigenvalue weighted by Crippen LogP contribution is 2.14. The Morgan fingerprint density at radius 3 is 2.79 bits per heavy atom. The highest BCUT2D eigenvalue weighted by molar-refractivity contribution is 6.29. The fourth-order valence-corrected chi connectivity index (χ4v) is 2.20. The Kier molecular flexibility index (Phi) is 4.04. The molecule has 0 spiro atoms. The van der Waals surface area contributed by atoms with Crippen molar-refractivity contribution in [1.29, 1.82) is 0 Å². The van der Waals surface area contributed by atoms with Crippen molar-refractivity contribution in [3.05, 3.63) is 45.6 Å². The topological polar surface area (TPSA) is 52.7 Å². The Balaban J connectivity index is 2.48. The Labute approximate surface area is 116 Å². The Morgan fingerprint density at radius 2 is 2.16 bits per heavy atom. The molecule has 2 aromatic rings. The summed E-state index contributed by atoms with van der Waals surface area (Å²) in [7, 11) is 0. The van der Waals surface area contributed by atoms with Crippen molar-refractivity contribution in [2.75, 3.05) is 0 Å². The molecule has 0 aliphatic carbocycles. The first kappa shape index (κ1) is 13.8. The maximum atomic E-state index is 12.1. The molecule has 0 saturated heterocycles. The van der Waals surface area contributed by atoms with E-state index in [1.807, 2.05) is 25.3 Å². The van der Waals surface area contributed by atoms with Gasteiger partial charge in [-0.15, -0.1) is 0 Å². The third-order valence-electron chi connectivity index (χ3n) is 2.98. The predicted octanol–water partition coefficient (Wildman–Crippen LogP) is 2.28. The van der Waals surface area contributed by atoms with Gasteiger partial charge in [-0.3, -0.25) is 9.36 Å². The Bertz CT molecular complexity index is 630. The Morgan fingerprint density at radius 1 is 1.42 bits per heavy atom. The quantitative estimate of drug-likeness (QED) is 0.808. The lowest BCUT2D eigenvalue weighted by molar-refractivity contribution is 0.592. The van der Waals surface area contributed by atoms with Gasteiger partial charge in [0, 0.05) is 24.7 Å². The van der Waals surface area contributed by atoms with E-state index in [0.29, 0.717) is 12.4 Å². The number of hydrogen-bond donors (Lipinski definition) is 0. The largest absolute Gasteiger partial charge is 0.333 e. The van der Waals surface area contributed by atoms with Gasteiger partial charge in [0.25, 0.3) is 5.56 Å². The molecule has 19 heavy (non-hydrogen) atoms. The molecule has 0 unspecified atom stereocenters. The molecule has 2 rings (SSSR count). The number of nitrogens with zero attached hydrogens (tertiary/aromatic N) is 4. The molecule has 0 fully saturated rings. The standard InChI is InChI=1S/C13H17ClN4O/c1-4-17-8-15-6-10(17)7-18-12(19)5-11(14)16-13(18)9(2)3/h5-6,8-9H,4,7H2,1-3H3. The van der Waals surface area contributed by atoms with Crippen molar-refractivity contribution in [3.63, 3.8) is 0 Å². The first-order valence-corrected chi connectivity index (χ1v) is 6.67. The van der Waals surface area contributed by atoms with E-state index in [1.54, 1.807) is 17.1 Å². The van der Waals surface area contributed by atoms with Crippen molar-refractivity contribution in [1.82, 2.24) is 19.1 Å². The minimum atomic E-state index is -0.132. The van der Waals surface area contributed by atoms with Crippen LogP contribution in [0.4, 0.5) is 0 Å². The van der Waals surface area contributed by atoms with Gasteiger partial charge in [0.15, 0.2) is 0 Å². The lowest BCUT2D eigenvalue weighted by Gasteiger charge is -2.15. The van der Waals surface area contributed by atoms with E-state index in [1.165, 1.54) is 6.07 Å². The first-order chi connectivity index (χ1) is 9.02. The van der Waals surface area contributed by atoms with Crippen molar-refractivity contribution >= 4 is 11.6 Å². The second-order valence-electron chi connectivity index (χ2n) is 4.69. The van der Waals surface area contributed by atoms with E-state index < -0.39 is 0 Å². The summed E-state index contributed by atoms with van der Waals surface area (Å²) in [6.07, 6.45) is 3.54. The second kappa shape index (κ2) is 5.57. The third kappa shape index (κ3) is 2.87. The van der Waals surface area contributed by atoms with E-state index >= 15 is 0 Å². The first-order valence-electron chi connectivity index (χ1n) is 6.29. The van der Waals surface area contributed by atoms with Gasteiger partial charge < -0.3 is 4.57 Å². The van der Waals surface area contributed by atoms with Gasteiger partial charge in [-0.25, -0.2) is 9.97 Å². The van der Waals surface area contributed by atoms with E-state index in [4.69, 9.17) is 11.6 Å². The molecule has 6 heteroatoms. The zero-order valence-corrected chi connectivity index (χ0v) is 12.1.